The van der Waals surface area contributed by atoms with Crippen molar-refractivity contribution in [1.29, 1.82) is 0 Å². The molecule has 0 saturated carbocycles. The van der Waals surface area contributed by atoms with Crippen molar-refractivity contribution in [2.45, 2.75) is 58.1 Å². The molecule has 0 aromatic carbocycles. The predicted octanol–water partition coefficient (Wildman–Crippen LogP) is 2.35. The van der Waals surface area contributed by atoms with Gasteiger partial charge in [-0.25, -0.2) is 0 Å². The molecular weight excluding hydrogens is 202 g/mol. The highest BCUT2D eigenvalue weighted by Gasteiger charge is 2.20. The Bertz CT molecular complexity index is 158. The number of rotatable bonds is 9. The van der Waals surface area contributed by atoms with Gasteiger partial charge in [-0.1, -0.05) is 13.8 Å². The molecule has 3 heteroatoms. The van der Waals surface area contributed by atoms with Crippen LogP contribution in [-0.2, 0) is 9.47 Å². The van der Waals surface area contributed by atoms with E-state index in [1.54, 1.807) is 0 Å². The second-order valence-electron chi connectivity index (χ2n) is 4.60. The summed E-state index contributed by atoms with van der Waals surface area (Å²) < 4.78 is 11.3. The first kappa shape index (κ1) is 13.9. The van der Waals surface area contributed by atoms with Crippen molar-refractivity contribution in [3.8, 4) is 0 Å². The van der Waals surface area contributed by atoms with Gasteiger partial charge in [0.1, 0.15) is 0 Å². The van der Waals surface area contributed by atoms with Crippen LogP contribution in [0.3, 0.4) is 0 Å². The van der Waals surface area contributed by atoms with Crippen LogP contribution in [0.1, 0.15) is 46.0 Å². The molecule has 0 spiro atoms. The van der Waals surface area contributed by atoms with Crippen LogP contribution in [0, 0.1) is 0 Å². The molecule has 1 aliphatic heterocycles. The Labute approximate surface area is 99.9 Å². The van der Waals surface area contributed by atoms with E-state index >= 15 is 0 Å². The van der Waals surface area contributed by atoms with Crippen molar-refractivity contribution in [3.63, 3.8) is 0 Å². The first-order chi connectivity index (χ1) is 7.86. The quantitative estimate of drug-likeness (QED) is 0.616. The molecule has 0 aliphatic carbocycles. The molecule has 1 N–H and O–H groups in total. The normalized spacial score (nSPS) is 22.5. The Kier molecular flexibility index (Phi) is 7.81. The average molecular weight is 229 g/mol. The molecule has 0 radical (unpaired) electrons. The van der Waals surface area contributed by atoms with Gasteiger partial charge in [0.05, 0.1) is 12.7 Å². The first-order valence-corrected chi connectivity index (χ1v) is 6.79. The van der Waals surface area contributed by atoms with Crippen molar-refractivity contribution >= 4 is 0 Å². The fraction of sp³-hybridized carbons (Fsp3) is 1.00. The molecule has 0 amide bonds. The maximum absolute atomic E-state index is 5.67. The van der Waals surface area contributed by atoms with E-state index in [1.807, 2.05) is 0 Å². The molecular formula is C13H27NO2. The van der Waals surface area contributed by atoms with Gasteiger partial charge in [-0.05, 0) is 38.6 Å². The molecule has 1 saturated heterocycles. The second kappa shape index (κ2) is 8.97. The molecule has 1 fully saturated rings. The maximum Gasteiger partial charge on any atom is 0.0620 e. The smallest absolute Gasteiger partial charge is 0.0620 e. The maximum atomic E-state index is 5.67. The summed E-state index contributed by atoms with van der Waals surface area (Å²) in [6.07, 6.45) is 6.28. The van der Waals surface area contributed by atoms with Crippen LogP contribution in [0.25, 0.3) is 0 Å². The molecule has 16 heavy (non-hydrogen) atoms. The van der Waals surface area contributed by atoms with Crippen LogP contribution in [-0.4, -0.2) is 38.5 Å². The predicted molar refractivity (Wildman–Crippen MR) is 66.8 cm³/mol. The lowest BCUT2D eigenvalue weighted by molar-refractivity contribution is 0.0638. The summed E-state index contributed by atoms with van der Waals surface area (Å²) in [5.74, 6) is 0. The molecule has 96 valence electrons. The van der Waals surface area contributed by atoms with Gasteiger partial charge in [0.15, 0.2) is 0 Å². The standard InChI is InChI=1S/C13H27NO2/c1-3-7-14-12(11-15-8-4-2)10-13-6-5-9-16-13/h12-14H,3-11H2,1-2H3. The van der Waals surface area contributed by atoms with E-state index in [0.717, 1.165) is 39.2 Å². The summed E-state index contributed by atoms with van der Waals surface area (Å²) in [7, 11) is 0. The zero-order valence-corrected chi connectivity index (χ0v) is 10.8. The number of ether oxygens (including phenoxy) is 2. The fourth-order valence-electron chi connectivity index (χ4n) is 2.08. The monoisotopic (exact) mass is 229 g/mol. The summed E-state index contributed by atoms with van der Waals surface area (Å²) in [4.78, 5) is 0. The molecule has 2 atom stereocenters. The summed E-state index contributed by atoms with van der Waals surface area (Å²) in [5, 5.41) is 3.55. The zero-order chi connectivity index (χ0) is 11.6. The van der Waals surface area contributed by atoms with E-state index < -0.39 is 0 Å². The van der Waals surface area contributed by atoms with Gasteiger partial charge in [-0.2, -0.15) is 0 Å². The Morgan fingerprint density at radius 3 is 2.88 bits per heavy atom. The molecule has 0 aromatic rings. The van der Waals surface area contributed by atoms with Crippen LogP contribution < -0.4 is 5.32 Å². The van der Waals surface area contributed by atoms with Gasteiger partial charge in [0.25, 0.3) is 0 Å². The van der Waals surface area contributed by atoms with Crippen molar-refractivity contribution < 1.29 is 9.47 Å². The summed E-state index contributed by atoms with van der Waals surface area (Å²) in [5.41, 5.74) is 0. The highest BCUT2D eigenvalue weighted by Crippen LogP contribution is 2.17. The van der Waals surface area contributed by atoms with Crippen molar-refractivity contribution in [2.75, 3.05) is 26.4 Å². The van der Waals surface area contributed by atoms with Crippen molar-refractivity contribution in [2.24, 2.45) is 0 Å². The fourth-order valence-corrected chi connectivity index (χ4v) is 2.08. The van der Waals surface area contributed by atoms with Crippen LogP contribution in [0.15, 0.2) is 0 Å². The second-order valence-corrected chi connectivity index (χ2v) is 4.60. The van der Waals surface area contributed by atoms with E-state index in [4.69, 9.17) is 9.47 Å². The van der Waals surface area contributed by atoms with Crippen molar-refractivity contribution in [3.05, 3.63) is 0 Å². The van der Waals surface area contributed by atoms with E-state index in [1.165, 1.54) is 19.3 Å². The molecule has 2 unspecified atom stereocenters. The highest BCUT2D eigenvalue weighted by atomic mass is 16.5. The minimum absolute atomic E-state index is 0.458. The minimum Gasteiger partial charge on any atom is -0.380 e. The Balaban J connectivity index is 2.18. The van der Waals surface area contributed by atoms with E-state index in [9.17, 15) is 0 Å². The molecule has 0 aromatic heterocycles. The third kappa shape index (κ3) is 5.83. The number of hydrogen-bond acceptors (Lipinski definition) is 3. The minimum atomic E-state index is 0.458. The Hall–Kier alpha value is -0.120. The van der Waals surface area contributed by atoms with E-state index in [0.29, 0.717) is 12.1 Å². The Morgan fingerprint density at radius 1 is 1.38 bits per heavy atom. The van der Waals surface area contributed by atoms with Gasteiger partial charge >= 0.3 is 0 Å². The van der Waals surface area contributed by atoms with Crippen molar-refractivity contribution in [1.82, 2.24) is 5.32 Å². The van der Waals surface area contributed by atoms with Gasteiger partial charge in [-0.15, -0.1) is 0 Å². The van der Waals surface area contributed by atoms with Gasteiger partial charge in [0.2, 0.25) is 0 Å². The molecule has 1 rings (SSSR count). The lowest BCUT2D eigenvalue weighted by Gasteiger charge is -2.21. The highest BCUT2D eigenvalue weighted by molar-refractivity contribution is 4.74. The van der Waals surface area contributed by atoms with Gasteiger partial charge in [-0.3, -0.25) is 0 Å². The van der Waals surface area contributed by atoms with Crippen LogP contribution in [0.5, 0.6) is 0 Å². The average Bonchev–Trinajstić information content (AvgIpc) is 2.78. The third-order valence-corrected chi connectivity index (χ3v) is 2.92. The zero-order valence-electron chi connectivity index (χ0n) is 10.8. The summed E-state index contributed by atoms with van der Waals surface area (Å²) in [6.45, 7) is 8.06. The topological polar surface area (TPSA) is 30.5 Å². The van der Waals surface area contributed by atoms with Crippen LogP contribution in [0.2, 0.25) is 0 Å². The molecule has 0 bridgehead atoms. The van der Waals surface area contributed by atoms with Crippen LogP contribution >= 0.6 is 0 Å². The number of nitrogens with one attached hydrogen (secondary N) is 1. The lowest BCUT2D eigenvalue weighted by atomic mass is 10.1. The summed E-state index contributed by atoms with van der Waals surface area (Å²) >= 11 is 0. The largest absolute Gasteiger partial charge is 0.380 e. The molecule has 1 aliphatic rings. The summed E-state index contributed by atoms with van der Waals surface area (Å²) in [6, 6.07) is 0.467. The SMILES string of the molecule is CCCNC(COCCC)CC1CCCO1. The van der Waals surface area contributed by atoms with E-state index in [-0.39, 0.29) is 0 Å². The molecule has 3 nitrogen and oxygen atoms in total. The molecule has 1 heterocycles. The Morgan fingerprint density at radius 2 is 2.25 bits per heavy atom. The first-order valence-electron chi connectivity index (χ1n) is 6.79. The van der Waals surface area contributed by atoms with E-state index in [2.05, 4.69) is 19.2 Å². The van der Waals surface area contributed by atoms with Gasteiger partial charge in [0, 0.05) is 19.3 Å². The van der Waals surface area contributed by atoms with Crippen LogP contribution in [0.4, 0.5) is 0 Å². The van der Waals surface area contributed by atoms with Gasteiger partial charge < -0.3 is 14.8 Å². The lowest BCUT2D eigenvalue weighted by Crippen LogP contribution is -2.37. The number of hydrogen-bond donors (Lipinski definition) is 1. The third-order valence-electron chi connectivity index (χ3n) is 2.92.